The Balaban J connectivity index is 1.79. The second-order valence-electron chi connectivity index (χ2n) is 7.60. The maximum Gasteiger partial charge on any atom is 0.173 e. The van der Waals surface area contributed by atoms with E-state index < -0.39 is 7.14 Å². The summed E-state index contributed by atoms with van der Waals surface area (Å²) in [5.74, 6) is 0. The van der Waals surface area contributed by atoms with Crippen LogP contribution in [0.1, 0.15) is 0 Å². The minimum atomic E-state index is -3.10. The third-order valence-corrected chi connectivity index (χ3v) is 9.06. The van der Waals surface area contributed by atoms with Gasteiger partial charge >= 0.3 is 0 Å². The van der Waals surface area contributed by atoms with E-state index in [1.807, 2.05) is 48.5 Å². The van der Waals surface area contributed by atoms with E-state index in [2.05, 4.69) is 53.5 Å². The Morgan fingerprint density at radius 1 is 0.567 bits per heavy atom. The van der Waals surface area contributed by atoms with Gasteiger partial charge in [0.15, 0.2) is 7.14 Å². The summed E-state index contributed by atoms with van der Waals surface area (Å²) in [6.45, 7) is 0. The van der Waals surface area contributed by atoms with Crippen LogP contribution >= 0.6 is 7.14 Å². The predicted molar refractivity (Wildman–Crippen MR) is 127 cm³/mol. The highest BCUT2D eigenvalue weighted by atomic mass is 31.2. The molecule has 0 radical (unpaired) electrons. The molecule has 0 N–H and O–H groups in total. The van der Waals surface area contributed by atoms with Crippen molar-refractivity contribution in [1.29, 1.82) is 0 Å². The van der Waals surface area contributed by atoms with E-state index in [-0.39, 0.29) is 0 Å². The molecule has 6 aromatic rings. The van der Waals surface area contributed by atoms with Crippen LogP contribution in [0.25, 0.3) is 32.3 Å². The molecule has 1 aromatic heterocycles. The lowest BCUT2D eigenvalue weighted by atomic mass is 9.94. The number of nitrogens with zero attached hydrogens (tertiary/aromatic N) is 1. The summed E-state index contributed by atoms with van der Waals surface area (Å²) < 4.78 is 14.9. The van der Waals surface area contributed by atoms with Gasteiger partial charge in [-0.15, -0.1) is 0 Å². The van der Waals surface area contributed by atoms with Crippen molar-refractivity contribution in [2.45, 2.75) is 0 Å². The van der Waals surface area contributed by atoms with Crippen molar-refractivity contribution < 1.29 is 4.57 Å². The van der Waals surface area contributed by atoms with E-state index >= 15 is 0 Å². The molecule has 1 heterocycles. The van der Waals surface area contributed by atoms with Crippen LogP contribution in [0.5, 0.6) is 0 Å². The van der Waals surface area contributed by atoms with Gasteiger partial charge in [-0.05, 0) is 50.5 Å². The molecular weight excluding hydrogens is 385 g/mol. The third kappa shape index (κ3) is 2.38. The van der Waals surface area contributed by atoms with Gasteiger partial charge in [0.05, 0.1) is 0 Å². The first-order chi connectivity index (χ1) is 14.8. The monoisotopic (exact) mass is 403 g/mol. The van der Waals surface area contributed by atoms with Gasteiger partial charge in [0.2, 0.25) is 0 Å². The third-order valence-electron chi connectivity index (χ3n) is 5.97. The summed E-state index contributed by atoms with van der Waals surface area (Å²) in [6.07, 6.45) is 3.47. The van der Waals surface area contributed by atoms with Crippen molar-refractivity contribution in [3.8, 4) is 0 Å². The van der Waals surface area contributed by atoms with Crippen molar-refractivity contribution in [2.75, 3.05) is 0 Å². The number of benzene rings is 5. The van der Waals surface area contributed by atoms with Crippen molar-refractivity contribution in [2.24, 2.45) is 0 Å². The minimum Gasteiger partial charge on any atom is -0.309 e. The first-order valence-corrected chi connectivity index (χ1v) is 11.7. The molecule has 0 saturated heterocycles. The molecule has 0 amide bonds. The number of aromatic nitrogens is 1. The van der Waals surface area contributed by atoms with Gasteiger partial charge in [-0.2, -0.15) is 0 Å². The maximum absolute atomic E-state index is 14.9. The molecule has 1 atom stereocenters. The summed E-state index contributed by atoms with van der Waals surface area (Å²) in [4.78, 5) is 4.29. The van der Waals surface area contributed by atoms with E-state index in [1.165, 1.54) is 26.9 Å². The van der Waals surface area contributed by atoms with Gasteiger partial charge in [0.1, 0.15) is 0 Å². The lowest BCUT2D eigenvalue weighted by Gasteiger charge is -2.22. The maximum atomic E-state index is 14.9. The van der Waals surface area contributed by atoms with E-state index in [0.717, 1.165) is 21.3 Å². The molecule has 1 unspecified atom stereocenters. The minimum absolute atomic E-state index is 0.756. The SMILES string of the molecule is O=P(c1ccccc1)(c1cccnc1)c1ccc2ccc3cccc4ccc1c2c34. The number of rotatable bonds is 3. The topological polar surface area (TPSA) is 30.0 Å². The summed E-state index contributed by atoms with van der Waals surface area (Å²) >= 11 is 0. The summed E-state index contributed by atoms with van der Waals surface area (Å²) in [6, 6.07) is 32.7. The largest absolute Gasteiger partial charge is 0.309 e. The Morgan fingerprint density at radius 2 is 1.23 bits per heavy atom. The summed E-state index contributed by atoms with van der Waals surface area (Å²) in [5.41, 5.74) is 0. The van der Waals surface area contributed by atoms with Gasteiger partial charge < -0.3 is 4.57 Å². The highest BCUT2D eigenvalue weighted by Gasteiger charge is 2.32. The quantitative estimate of drug-likeness (QED) is 0.284. The van der Waals surface area contributed by atoms with E-state index in [4.69, 9.17) is 0 Å². The highest BCUT2D eigenvalue weighted by molar-refractivity contribution is 7.85. The molecule has 0 aliphatic carbocycles. The van der Waals surface area contributed by atoms with Gasteiger partial charge in [0.25, 0.3) is 0 Å². The van der Waals surface area contributed by atoms with Gasteiger partial charge in [-0.1, -0.05) is 78.9 Å². The van der Waals surface area contributed by atoms with Gasteiger partial charge in [0, 0.05) is 28.3 Å². The zero-order chi connectivity index (χ0) is 20.1. The molecule has 0 aliphatic rings. The Labute approximate surface area is 174 Å². The van der Waals surface area contributed by atoms with Crippen LogP contribution in [0.15, 0.2) is 109 Å². The lowest BCUT2D eigenvalue weighted by Crippen LogP contribution is -2.25. The Bertz CT molecular complexity index is 1500. The molecule has 0 fully saturated rings. The van der Waals surface area contributed by atoms with Crippen molar-refractivity contribution >= 4 is 55.4 Å². The second-order valence-corrected chi connectivity index (χ2v) is 10.3. The molecule has 2 nitrogen and oxygen atoms in total. The van der Waals surface area contributed by atoms with Crippen LogP contribution in [0.4, 0.5) is 0 Å². The average Bonchev–Trinajstić information content (AvgIpc) is 2.83. The first-order valence-electron chi connectivity index (χ1n) is 10.0. The van der Waals surface area contributed by atoms with E-state index in [0.29, 0.717) is 0 Å². The lowest BCUT2D eigenvalue weighted by molar-refractivity contribution is 0.592. The van der Waals surface area contributed by atoms with E-state index in [1.54, 1.807) is 12.4 Å². The molecule has 0 saturated carbocycles. The number of hydrogen-bond acceptors (Lipinski definition) is 2. The van der Waals surface area contributed by atoms with Crippen molar-refractivity contribution in [1.82, 2.24) is 4.98 Å². The Hall–Kier alpha value is -3.48. The molecule has 0 aliphatic heterocycles. The molecule has 5 aromatic carbocycles. The normalized spacial score (nSPS) is 13.7. The molecule has 30 heavy (non-hydrogen) atoms. The number of hydrogen-bond donors (Lipinski definition) is 0. The molecular formula is C27H18NOP. The van der Waals surface area contributed by atoms with Crippen molar-refractivity contribution in [3.63, 3.8) is 0 Å². The van der Waals surface area contributed by atoms with E-state index in [9.17, 15) is 4.57 Å². The fourth-order valence-electron chi connectivity index (χ4n) is 4.60. The molecule has 0 spiro atoms. The average molecular weight is 403 g/mol. The fraction of sp³-hybridized carbons (Fsp3) is 0. The van der Waals surface area contributed by atoms with Crippen LogP contribution in [0, 0.1) is 0 Å². The Morgan fingerprint density at radius 3 is 1.97 bits per heavy atom. The molecule has 142 valence electrons. The van der Waals surface area contributed by atoms with Crippen LogP contribution < -0.4 is 15.9 Å². The standard InChI is InChI=1S/C27H18NOP/c29-30(22-8-2-1-3-9-22,23-10-5-17-28-18-23)25-16-14-21-12-11-19-6-4-7-20-13-15-24(25)27(21)26(19)20/h1-18H. The first kappa shape index (κ1) is 17.4. The van der Waals surface area contributed by atoms with Crippen LogP contribution in [-0.4, -0.2) is 4.98 Å². The zero-order valence-corrected chi connectivity index (χ0v) is 17.1. The van der Waals surface area contributed by atoms with Crippen LogP contribution in [0.2, 0.25) is 0 Å². The van der Waals surface area contributed by atoms with Gasteiger partial charge in [-0.25, -0.2) is 0 Å². The summed E-state index contributed by atoms with van der Waals surface area (Å²) in [7, 11) is -3.10. The molecule has 6 rings (SSSR count). The second kappa shape index (κ2) is 6.52. The smallest absolute Gasteiger partial charge is 0.173 e. The molecule has 0 bridgehead atoms. The van der Waals surface area contributed by atoms with Crippen molar-refractivity contribution in [3.05, 3.63) is 109 Å². The molecule has 3 heteroatoms. The predicted octanol–water partition coefficient (Wildman–Crippen LogP) is 5.62. The fourth-order valence-corrected chi connectivity index (χ4v) is 7.38. The summed E-state index contributed by atoms with van der Waals surface area (Å²) in [5, 5.41) is 9.50. The highest BCUT2D eigenvalue weighted by Crippen LogP contribution is 2.46. The Kier molecular flexibility index (Phi) is 3.78. The van der Waals surface area contributed by atoms with Crippen LogP contribution in [-0.2, 0) is 4.57 Å². The number of pyridine rings is 1. The van der Waals surface area contributed by atoms with Gasteiger partial charge in [-0.3, -0.25) is 4.98 Å². The zero-order valence-electron chi connectivity index (χ0n) is 16.2. The van der Waals surface area contributed by atoms with Crippen LogP contribution in [0.3, 0.4) is 0 Å².